The summed E-state index contributed by atoms with van der Waals surface area (Å²) in [6.07, 6.45) is 5.35. The van der Waals surface area contributed by atoms with Crippen LogP contribution in [0.1, 0.15) is 5.69 Å². The van der Waals surface area contributed by atoms with Crippen molar-refractivity contribution in [2.75, 3.05) is 0 Å². The molecule has 0 radical (unpaired) electrons. The van der Waals surface area contributed by atoms with Crippen molar-refractivity contribution in [1.29, 1.82) is 0 Å². The van der Waals surface area contributed by atoms with Gasteiger partial charge in [-0.25, -0.2) is 0 Å². The van der Waals surface area contributed by atoms with Gasteiger partial charge in [0.25, 0.3) is 0 Å². The number of aryl methyl sites for hydroxylation is 1. The van der Waals surface area contributed by atoms with Crippen LogP contribution in [0.3, 0.4) is 0 Å². The number of halogens is 1. The van der Waals surface area contributed by atoms with E-state index in [9.17, 15) is 0 Å². The van der Waals surface area contributed by atoms with Crippen LogP contribution < -0.4 is 0 Å². The van der Waals surface area contributed by atoms with E-state index in [4.69, 9.17) is 11.6 Å². The van der Waals surface area contributed by atoms with Gasteiger partial charge in [0.15, 0.2) is 0 Å². The zero-order valence-corrected chi connectivity index (χ0v) is 8.25. The highest BCUT2D eigenvalue weighted by atomic mass is 35.5. The zero-order chi connectivity index (χ0) is 9.84. The molecule has 1 heterocycles. The number of aromatic nitrogens is 2. The van der Waals surface area contributed by atoms with Gasteiger partial charge >= 0.3 is 0 Å². The maximum atomic E-state index is 5.57. The predicted octanol–water partition coefficient (Wildman–Crippen LogP) is 2.74. The molecule has 0 aliphatic heterocycles. The van der Waals surface area contributed by atoms with Gasteiger partial charge in [-0.3, -0.25) is 4.68 Å². The standard InChI is InChI=1S/C10H11ClN2/c1-8(4-5-9(2)11)10-6-7-13(3)12-10/h4-7H,1-2H2,3H3/b5-4-. The van der Waals surface area contributed by atoms with E-state index in [0.29, 0.717) is 5.03 Å². The van der Waals surface area contributed by atoms with E-state index < -0.39 is 0 Å². The fourth-order valence-corrected chi connectivity index (χ4v) is 0.926. The third kappa shape index (κ3) is 2.92. The average Bonchev–Trinajstić information content (AvgIpc) is 2.47. The molecule has 0 spiro atoms. The van der Waals surface area contributed by atoms with Crippen molar-refractivity contribution in [2.24, 2.45) is 7.05 Å². The Bertz CT molecular complexity index is 361. The molecule has 68 valence electrons. The lowest BCUT2D eigenvalue weighted by atomic mass is 10.2. The van der Waals surface area contributed by atoms with Gasteiger partial charge in [0.05, 0.1) is 5.69 Å². The smallest absolute Gasteiger partial charge is 0.0917 e. The first-order valence-electron chi connectivity index (χ1n) is 3.81. The highest BCUT2D eigenvalue weighted by Gasteiger charge is 1.97. The molecule has 1 rings (SSSR count). The van der Waals surface area contributed by atoms with Crippen LogP contribution in [0.5, 0.6) is 0 Å². The van der Waals surface area contributed by atoms with E-state index >= 15 is 0 Å². The van der Waals surface area contributed by atoms with Crippen LogP contribution in [-0.2, 0) is 7.05 Å². The van der Waals surface area contributed by atoms with Gasteiger partial charge in [-0.15, -0.1) is 0 Å². The second-order valence-electron chi connectivity index (χ2n) is 2.68. The summed E-state index contributed by atoms with van der Waals surface area (Å²) in [5.74, 6) is 0. The minimum atomic E-state index is 0.483. The van der Waals surface area contributed by atoms with Crippen molar-refractivity contribution in [3.8, 4) is 0 Å². The van der Waals surface area contributed by atoms with Gasteiger partial charge in [0, 0.05) is 18.3 Å². The van der Waals surface area contributed by atoms with Gasteiger partial charge in [0.1, 0.15) is 0 Å². The summed E-state index contributed by atoms with van der Waals surface area (Å²) in [7, 11) is 1.86. The second kappa shape index (κ2) is 4.10. The molecule has 0 aliphatic rings. The normalized spacial score (nSPS) is 10.6. The Labute approximate surface area is 82.8 Å². The minimum absolute atomic E-state index is 0.483. The Morgan fingerprint density at radius 2 is 2.23 bits per heavy atom. The molecule has 0 atom stereocenters. The minimum Gasteiger partial charge on any atom is -0.275 e. The van der Waals surface area contributed by atoms with Crippen LogP contribution in [0.2, 0.25) is 0 Å². The topological polar surface area (TPSA) is 17.8 Å². The largest absolute Gasteiger partial charge is 0.275 e. The van der Waals surface area contributed by atoms with Gasteiger partial charge in [-0.1, -0.05) is 30.8 Å². The molecular formula is C10H11ClN2. The molecule has 0 amide bonds. The predicted molar refractivity (Wildman–Crippen MR) is 56.4 cm³/mol. The van der Waals surface area contributed by atoms with E-state index in [2.05, 4.69) is 18.3 Å². The molecule has 0 saturated heterocycles. The van der Waals surface area contributed by atoms with E-state index in [0.717, 1.165) is 11.3 Å². The first kappa shape index (κ1) is 9.81. The van der Waals surface area contributed by atoms with Crippen LogP contribution in [0, 0.1) is 0 Å². The lowest BCUT2D eigenvalue weighted by Crippen LogP contribution is -1.88. The molecule has 0 aromatic carbocycles. The van der Waals surface area contributed by atoms with Gasteiger partial charge in [-0.2, -0.15) is 5.10 Å². The van der Waals surface area contributed by atoms with Crippen LogP contribution in [0.15, 0.2) is 42.6 Å². The third-order valence-electron chi connectivity index (χ3n) is 1.51. The van der Waals surface area contributed by atoms with E-state index in [1.807, 2.05) is 19.3 Å². The average molecular weight is 195 g/mol. The molecule has 2 nitrogen and oxygen atoms in total. The molecular weight excluding hydrogens is 184 g/mol. The lowest BCUT2D eigenvalue weighted by Gasteiger charge is -1.92. The van der Waals surface area contributed by atoms with Crippen molar-refractivity contribution in [3.05, 3.63) is 48.3 Å². The van der Waals surface area contributed by atoms with Crippen LogP contribution in [0.4, 0.5) is 0 Å². The first-order valence-corrected chi connectivity index (χ1v) is 4.19. The van der Waals surface area contributed by atoms with Crippen molar-refractivity contribution in [3.63, 3.8) is 0 Å². The molecule has 1 aromatic heterocycles. The maximum Gasteiger partial charge on any atom is 0.0917 e. The molecule has 3 heteroatoms. The SMILES string of the molecule is C=C(Cl)/C=C\C(=C)c1ccn(C)n1. The van der Waals surface area contributed by atoms with Crippen LogP contribution in [0.25, 0.3) is 5.57 Å². The summed E-state index contributed by atoms with van der Waals surface area (Å²) >= 11 is 5.57. The summed E-state index contributed by atoms with van der Waals surface area (Å²) in [5.41, 5.74) is 1.67. The molecule has 13 heavy (non-hydrogen) atoms. The lowest BCUT2D eigenvalue weighted by molar-refractivity contribution is 0.764. The monoisotopic (exact) mass is 194 g/mol. The zero-order valence-electron chi connectivity index (χ0n) is 7.50. The number of nitrogens with zero attached hydrogens (tertiary/aromatic N) is 2. The Morgan fingerprint density at radius 1 is 1.54 bits per heavy atom. The van der Waals surface area contributed by atoms with E-state index in [-0.39, 0.29) is 0 Å². The highest BCUT2D eigenvalue weighted by molar-refractivity contribution is 6.30. The summed E-state index contributed by atoms with van der Waals surface area (Å²) < 4.78 is 1.73. The number of rotatable bonds is 3. The van der Waals surface area contributed by atoms with Gasteiger partial charge in [-0.05, 0) is 17.7 Å². The van der Waals surface area contributed by atoms with Crippen LogP contribution in [-0.4, -0.2) is 9.78 Å². The Morgan fingerprint density at radius 3 is 2.69 bits per heavy atom. The summed E-state index contributed by atoms with van der Waals surface area (Å²) in [6, 6.07) is 1.89. The number of hydrogen-bond acceptors (Lipinski definition) is 1. The van der Waals surface area contributed by atoms with Crippen molar-refractivity contribution in [1.82, 2.24) is 9.78 Å². The fraction of sp³-hybridized carbons (Fsp3) is 0.100. The van der Waals surface area contributed by atoms with E-state index in [1.165, 1.54) is 0 Å². The van der Waals surface area contributed by atoms with Crippen molar-refractivity contribution < 1.29 is 0 Å². The summed E-state index contributed by atoms with van der Waals surface area (Å²) in [5, 5.41) is 4.67. The quantitative estimate of drug-likeness (QED) is 0.677. The molecule has 0 unspecified atom stereocenters. The Balaban J connectivity index is 2.75. The summed E-state index contributed by atoms with van der Waals surface area (Å²) in [6.45, 7) is 7.39. The van der Waals surface area contributed by atoms with E-state index in [1.54, 1.807) is 16.8 Å². The number of hydrogen-bond donors (Lipinski definition) is 0. The molecule has 1 aromatic rings. The third-order valence-corrected chi connectivity index (χ3v) is 1.63. The molecule has 0 saturated carbocycles. The van der Waals surface area contributed by atoms with Crippen molar-refractivity contribution in [2.45, 2.75) is 0 Å². The fourth-order valence-electron chi connectivity index (χ4n) is 0.863. The second-order valence-corrected chi connectivity index (χ2v) is 3.17. The van der Waals surface area contributed by atoms with Crippen molar-refractivity contribution >= 4 is 17.2 Å². The number of allylic oxidation sites excluding steroid dienone is 4. The van der Waals surface area contributed by atoms with Crippen LogP contribution >= 0.6 is 11.6 Å². The maximum absolute atomic E-state index is 5.57. The molecule has 0 fully saturated rings. The molecule has 0 N–H and O–H groups in total. The molecule has 0 aliphatic carbocycles. The van der Waals surface area contributed by atoms with Gasteiger partial charge in [0.2, 0.25) is 0 Å². The Hall–Kier alpha value is -1.28. The highest BCUT2D eigenvalue weighted by Crippen LogP contribution is 2.12. The first-order chi connectivity index (χ1) is 6.09. The summed E-state index contributed by atoms with van der Waals surface area (Å²) in [4.78, 5) is 0. The van der Waals surface area contributed by atoms with Gasteiger partial charge < -0.3 is 0 Å². The molecule has 0 bridgehead atoms. The Kier molecular flexibility index (Phi) is 3.09.